The lowest BCUT2D eigenvalue weighted by Gasteiger charge is -2.14. The molecule has 0 aliphatic carbocycles. The number of hydrogen-bond acceptors (Lipinski definition) is 5. The smallest absolute Gasteiger partial charge is 0.187 e. The molecule has 7 heteroatoms. The second-order valence-electron chi connectivity index (χ2n) is 4.63. The number of fused-ring (bicyclic) bond motifs is 1. The summed E-state index contributed by atoms with van der Waals surface area (Å²) in [6, 6.07) is 8.16. The highest BCUT2D eigenvalue weighted by Crippen LogP contribution is 2.21. The highest BCUT2D eigenvalue weighted by molar-refractivity contribution is 7.80. The molecular weight excluding hydrogens is 304 g/mol. The molecule has 1 aromatic heterocycles. The molecule has 112 valence electrons. The summed E-state index contributed by atoms with van der Waals surface area (Å²) >= 11 is 6.79. The predicted molar refractivity (Wildman–Crippen MR) is 92.0 cm³/mol. The third kappa shape index (κ3) is 4.45. The van der Waals surface area contributed by atoms with Crippen LogP contribution in [0.25, 0.3) is 10.2 Å². The number of nitrogens with zero attached hydrogens (tertiary/aromatic N) is 2. The van der Waals surface area contributed by atoms with Crippen molar-refractivity contribution in [2.24, 2.45) is 5.10 Å². The Balaban J connectivity index is 1.98. The molecule has 5 nitrogen and oxygen atoms in total. The van der Waals surface area contributed by atoms with Gasteiger partial charge in [-0.3, -0.25) is 5.43 Å². The first-order valence-corrected chi connectivity index (χ1v) is 7.78. The third-order valence-electron chi connectivity index (χ3n) is 2.72. The van der Waals surface area contributed by atoms with Gasteiger partial charge in [-0.15, -0.1) is 11.3 Å². The van der Waals surface area contributed by atoms with E-state index in [1.807, 2.05) is 32.0 Å². The van der Waals surface area contributed by atoms with E-state index < -0.39 is 0 Å². The molecule has 0 saturated heterocycles. The molecule has 21 heavy (non-hydrogen) atoms. The second-order valence-corrected chi connectivity index (χ2v) is 6.06. The molecule has 1 aromatic carbocycles. The molecule has 0 unspecified atom stereocenters. The lowest BCUT2D eigenvalue weighted by atomic mass is 10.3. The third-order valence-corrected chi connectivity index (χ3v) is 4.08. The van der Waals surface area contributed by atoms with Gasteiger partial charge in [0.25, 0.3) is 0 Å². The number of hydrazone groups is 1. The Morgan fingerprint density at radius 3 is 2.95 bits per heavy atom. The molecule has 1 atom stereocenters. The molecule has 2 rings (SSSR count). The minimum Gasteiger partial charge on any atom is -0.383 e. The van der Waals surface area contributed by atoms with Gasteiger partial charge < -0.3 is 10.1 Å². The zero-order valence-corrected chi connectivity index (χ0v) is 13.8. The van der Waals surface area contributed by atoms with Crippen LogP contribution in [0.5, 0.6) is 0 Å². The average molecular weight is 322 g/mol. The number of nitrogens with one attached hydrogen (secondary N) is 2. The average Bonchev–Trinajstić information content (AvgIpc) is 2.89. The van der Waals surface area contributed by atoms with E-state index in [0.717, 1.165) is 20.9 Å². The van der Waals surface area contributed by atoms with Crippen molar-refractivity contribution in [3.8, 4) is 0 Å². The molecule has 1 heterocycles. The molecule has 0 bridgehead atoms. The van der Waals surface area contributed by atoms with E-state index in [-0.39, 0.29) is 6.04 Å². The lowest BCUT2D eigenvalue weighted by molar-refractivity contribution is 0.179. The Morgan fingerprint density at radius 1 is 1.48 bits per heavy atom. The van der Waals surface area contributed by atoms with Gasteiger partial charge in [0.2, 0.25) is 0 Å². The van der Waals surface area contributed by atoms with Crippen LogP contribution in [-0.4, -0.2) is 35.6 Å². The first-order chi connectivity index (χ1) is 10.1. The monoisotopic (exact) mass is 322 g/mol. The highest BCUT2D eigenvalue weighted by Gasteiger charge is 2.07. The summed E-state index contributed by atoms with van der Waals surface area (Å²) in [6.07, 6.45) is 0. The van der Waals surface area contributed by atoms with E-state index in [1.165, 1.54) is 0 Å². The number of para-hydroxylation sites is 1. The first kappa shape index (κ1) is 15.8. The highest BCUT2D eigenvalue weighted by atomic mass is 32.1. The summed E-state index contributed by atoms with van der Waals surface area (Å²) < 4.78 is 6.19. The van der Waals surface area contributed by atoms with E-state index in [2.05, 4.69) is 26.9 Å². The number of rotatable bonds is 5. The summed E-state index contributed by atoms with van der Waals surface area (Å²) in [6.45, 7) is 4.48. The maximum absolute atomic E-state index is 5.18. The van der Waals surface area contributed by atoms with Crippen molar-refractivity contribution >= 4 is 44.6 Å². The van der Waals surface area contributed by atoms with Crippen molar-refractivity contribution in [3.05, 3.63) is 29.3 Å². The second kappa shape index (κ2) is 7.44. The van der Waals surface area contributed by atoms with E-state index in [1.54, 1.807) is 18.4 Å². The SMILES string of the molecule is COC[C@@H](C)NC(=S)N/N=C(/C)c1nc2ccccc2s1. The number of thiocarbonyl (C=S) groups is 1. The van der Waals surface area contributed by atoms with Gasteiger partial charge >= 0.3 is 0 Å². The lowest BCUT2D eigenvalue weighted by Crippen LogP contribution is -2.40. The van der Waals surface area contributed by atoms with Crippen LogP contribution in [0.1, 0.15) is 18.9 Å². The zero-order valence-electron chi connectivity index (χ0n) is 12.2. The first-order valence-electron chi connectivity index (χ1n) is 6.56. The summed E-state index contributed by atoms with van der Waals surface area (Å²) in [7, 11) is 1.66. The number of hydrogen-bond donors (Lipinski definition) is 2. The fourth-order valence-corrected chi connectivity index (χ4v) is 2.91. The van der Waals surface area contributed by atoms with Gasteiger partial charge in [-0.05, 0) is 38.2 Å². The molecule has 0 spiro atoms. The van der Waals surface area contributed by atoms with Crippen LogP contribution in [-0.2, 0) is 4.74 Å². The maximum atomic E-state index is 5.18. The van der Waals surface area contributed by atoms with Gasteiger partial charge in [0.05, 0.1) is 22.5 Å². The number of thiazole rings is 1. The van der Waals surface area contributed by atoms with E-state index in [0.29, 0.717) is 11.7 Å². The molecule has 0 radical (unpaired) electrons. The summed E-state index contributed by atoms with van der Waals surface area (Å²) in [5.74, 6) is 0. The minimum atomic E-state index is 0.132. The normalized spacial score (nSPS) is 13.2. The van der Waals surface area contributed by atoms with Gasteiger partial charge in [0.1, 0.15) is 5.01 Å². The van der Waals surface area contributed by atoms with E-state index in [4.69, 9.17) is 17.0 Å². The van der Waals surface area contributed by atoms with Crippen LogP contribution in [0.2, 0.25) is 0 Å². The number of methoxy groups -OCH3 is 1. The zero-order chi connectivity index (χ0) is 15.2. The number of benzene rings is 1. The molecule has 0 fully saturated rings. The summed E-state index contributed by atoms with van der Waals surface area (Å²) in [5, 5.41) is 8.72. The Hall–Kier alpha value is -1.57. The van der Waals surface area contributed by atoms with Crippen molar-refractivity contribution in [1.29, 1.82) is 0 Å². The number of ether oxygens (including phenoxy) is 1. The standard InChI is InChI=1S/C14H18N4OS2/c1-9(8-19-3)15-14(20)18-17-10(2)13-16-11-6-4-5-7-12(11)21-13/h4-7,9H,8H2,1-3H3,(H2,15,18,20)/b17-10-/t9-/m1/s1. The van der Waals surface area contributed by atoms with Crippen molar-refractivity contribution in [1.82, 2.24) is 15.7 Å². The fourth-order valence-electron chi connectivity index (χ4n) is 1.76. The Bertz CT molecular complexity index is 620. The van der Waals surface area contributed by atoms with Crippen LogP contribution in [0.15, 0.2) is 29.4 Å². The Labute approximate surface area is 133 Å². The van der Waals surface area contributed by atoms with Gasteiger partial charge in [-0.1, -0.05) is 12.1 Å². The van der Waals surface area contributed by atoms with Crippen LogP contribution in [0.3, 0.4) is 0 Å². The molecule has 0 aliphatic heterocycles. The largest absolute Gasteiger partial charge is 0.383 e. The summed E-state index contributed by atoms with van der Waals surface area (Å²) in [4.78, 5) is 4.55. The van der Waals surface area contributed by atoms with Gasteiger partial charge in [0, 0.05) is 13.2 Å². The van der Waals surface area contributed by atoms with Crippen LogP contribution >= 0.6 is 23.6 Å². The van der Waals surface area contributed by atoms with Crippen LogP contribution < -0.4 is 10.7 Å². The van der Waals surface area contributed by atoms with Crippen LogP contribution in [0, 0.1) is 0 Å². The topological polar surface area (TPSA) is 58.5 Å². The van der Waals surface area contributed by atoms with Crippen molar-refractivity contribution in [2.45, 2.75) is 19.9 Å². The molecule has 0 aliphatic rings. The molecule has 0 saturated carbocycles. The molecule has 0 amide bonds. The fraction of sp³-hybridized carbons (Fsp3) is 0.357. The predicted octanol–water partition coefficient (Wildman–Crippen LogP) is 2.52. The summed E-state index contributed by atoms with van der Waals surface area (Å²) in [5.41, 5.74) is 4.63. The van der Waals surface area contributed by atoms with Gasteiger partial charge in [-0.2, -0.15) is 5.10 Å². The minimum absolute atomic E-state index is 0.132. The Morgan fingerprint density at radius 2 is 2.24 bits per heavy atom. The molecule has 2 N–H and O–H groups in total. The number of aromatic nitrogens is 1. The quantitative estimate of drug-likeness (QED) is 0.503. The molecular formula is C14H18N4OS2. The van der Waals surface area contributed by atoms with Gasteiger partial charge in [0.15, 0.2) is 5.11 Å². The van der Waals surface area contributed by atoms with Crippen molar-refractivity contribution in [2.75, 3.05) is 13.7 Å². The van der Waals surface area contributed by atoms with Crippen LogP contribution in [0.4, 0.5) is 0 Å². The van der Waals surface area contributed by atoms with Crippen molar-refractivity contribution < 1.29 is 4.74 Å². The van der Waals surface area contributed by atoms with Crippen molar-refractivity contribution in [3.63, 3.8) is 0 Å². The van der Waals surface area contributed by atoms with E-state index >= 15 is 0 Å². The maximum Gasteiger partial charge on any atom is 0.187 e. The molecule has 2 aromatic rings. The van der Waals surface area contributed by atoms with E-state index in [9.17, 15) is 0 Å². The van der Waals surface area contributed by atoms with Gasteiger partial charge in [-0.25, -0.2) is 4.98 Å². The Kier molecular flexibility index (Phi) is 5.60.